The van der Waals surface area contributed by atoms with Gasteiger partial charge in [0.05, 0.1) is 12.2 Å². The maximum atomic E-state index is 12.9. The van der Waals surface area contributed by atoms with Crippen LogP contribution in [-0.2, 0) is 18.3 Å². The van der Waals surface area contributed by atoms with Gasteiger partial charge in [0.15, 0.2) is 5.82 Å². The Morgan fingerprint density at radius 3 is 2.62 bits per heavy atom. The standard InChI is InChI=1S/C17H27N7O2/c1-5-14-20-16(26-21-14)12(2)23-6-8-24(9-7-23)17(25)15(18-3)13-10-19-22(4)11-13/h10-12,15,18H,5-9H2,1-4H3. The molecule has 1 fully saturated rings. The van der Waals surface area contributed by atoms with Crippen LogP contribution in [0.1, 0.15) is 43.2 Å². The molecular weight excluding hydrogens is 334 g/mol. The lowest BCUT2D eigenvalue weighted by atomic mass is 10.1. The quantitative estimate of drug-likeness (QED) is 0.802. The first-order chi connectivity index (χ1) is 12.5. The Labute approximate surface area is 153 Å². The summed E-state index contributed by atoms with van der Waals surface area (Å²) in [7, 11) is 3.65. The minimum absolute atomic E-state index is 0.0541. The van der Waals surface area contributed by atoms with E-state index in [4.69, 9.17) is 4.52 Å². The molecule has 2 atom stereocenters. The van der Waals surface area contributed by atoms with Gasteiger partial charge >= 0.3 is 0 Å². The van der Waals surface area contributed by atoms with E-state index in [0.717, 1.165) is 30.9 Å². The van der Waals surface area contributed by atoms with E-state index in [1.165, 1.54) is 0 Å². The lowest BCUT2D eigenvalue weighted by Gasteiger charge is -2.38. The lowest BCUT2D eigenvalue weighted by Crippen LogP contribution is -2.51. The first kappa shape index (κ1) is 18.5. The minimum Gasteiger partial charge on any atom is -0.338 e. The van der Waals surface area contributed by atoms with E-state index in [9.17, 15) is 4.79 Å². The van der Waals surface area contributed by atoms with Crippen molar-refractivity contribution in [2.24, 2.45) is 7.05 Å². The third-order valence-electron chi connectivity index (χ3n) is 4.92. The van der Waals surface area contributed by atoms with Crippen molar-refractivity contribution in [3.05, 3.63) is 29.7 Å². The van der Waals surface area contributed by atoms with E-state index in [1.54, 1.807) is 17.9 Å². The largest absolute Gasteiger partial charge is 0.338 e. The van der Waals surface area contributed by atoms with Crippen LogP contribution in [0.2, 0.25) is 0 Å². The molecule has 26 heavy (non-hydrogen) atoms. The third kappa shape index (κ3) is 3.78. The highest BCUT2D eigenvalue weighted by Gasteiger charge is 2.31. The normalized spacial score (nSPS) is 18.1. The van der Waals surface area contributed by atoms with E-state index >= 15 is 0 Å². The van der Waals surface area contributed by atoms with Crippen molar-refractivity contribution in [2.45, 2.75) is 32.4 Å². The Kier molecular flexibility index (Phi) is 5.67. The molecule has 0 aliphatic carbocycles. The number of nitrogens with one attached hydrogen (secondary N) is 1. The molecule has 0 bridgehead atoms. The predicted molar refractivity (Wildman–Crippen MR) is 95.3 cm³/mol. The number of likely N-dealkylation sites (N-methyl/N-ethyl adjacent to an activating group) is 1. The summed E-state index contributed by atoms with van der Waals surface area (Å²) in [6, 6.07) is -0.311. The third-order valence-corrected chi connectivity index (χ3v) is 4.92. The Bertz CT molecular complexity index is 733. The molecule has 9 nitrogen and oxygen atoms in total. The molecule has 142 valence electrons. The first-order valence-corrected chi connectivity index (χ1v) is 9.04. The molecule has 1 amide bonds. The molecule has 0 saturated carbocycles. The average Bonchev–Trinajstić information content (AvgIpc) is 3.31. The zero-order valence-electron chi connectivity index (χ0n) is 15.8. The summed E-state index contributed by atoms with van der Waals surface area (Å²) in [5.74, 6) is 1.46. The summed E-state index contributed by atoms with van der Waals surface area (Å²) < 4.78 is 7.07. The highest BCUT2D eigenvalue weighted by molar-refractivity contribution is 5.83. The second-order valence-electron chi connectivity index (χ2n) is 6.61. The fourth-order valence-corrected chi connectivity index (χ4v) is 3.27. The van der Waals surface area contributed by atoms with Gasteiger partial charge in [0.2, 0.25) is 11.8 Å². The fourth-order valence-electron chi connectivity index (χ4n) is 3.27. The summed E-state index contributed by atoms with van der Waals surface area (Å²) in [4.78, 5) is 21.5. The fraction of sp³-hybridized carbons (Fsp3) is 0.647. The predicted octanol–water partition coefficient (Wildman–Crippen LogP) is 0.531. The summed E-state index contributed by atoms with van der Waals surface area (Å²) in [6.07, 6.45) is 4.37. The van der Waals surface area contributed by atoms with E-state index in [1.807, 2.05) is 25.1 Å². The maximum Gasteiger partial charge on any atom is 0.244 e. The Hall–Kier alpha value is -2.26. The topological polar surface area (TPSA) is 92.3 Å². The molecule has 1 saturated heterocycles. The second-order valence-corrected chi connectivity index (χ2v) is 6.61. The molecule has 3 rings (SSSR count). The number of nitrogens with zero attached hydrogens (tertiary/aromatic N) is 6. The first-order valence-electron chi connectivity index (χ1n) is 9.04. The number of carbonyl (C=O) groups is 1. The summed E-state index contributed by atoms with van der Waals surface area (Å²) in [5.41, 5.74) is 0.883. The number of carbonyl (C=O) groups excluding carboxylic acids is 1. The number of aryl methyl sites for hydroxylation is 2. The van der Waals surface area contributed by atoms with Crippen molar-refractivity contribution in [1.29, 1.82) is 0 Å². The minimum atomic E-state index is -0.365. The van der Waals surface area contributed by atoms with Crippen molar-refractivity contribution >= 4 is 5.91 Å². The number of hydrogen-bond acceptors (Lipinski definition) is 7. The molecule has 1 N–H and O–H groups in total. The maximum absolute atomic E-state index is 12.9. The molecule has 0 spiro atoms. The van der Waals surface area contributed by atoms with Crippen LogP contribution >= 0.6 is 0 Å². The molecule has 1 aliphatic rings. The second kappa shape index (κ2) is 7.96. The molecule has 2 aromatic rings. The van der Waals surface area contributed by atoms with E-state index in [0.29, 0.717) is 19.0 Å². The van der Waals surface area contributed by atoms with Crippen LogP contribution in [0.3, 0.4) is 0 Å². The molecule has 2 aromatic heterocycles. The van der Waals surface area contributed by atoms with Crippen molar-refractivity contribution in [1.82, 2.24) is 35.0 Å². The van der Waals surface area contributed by atoms with Crippen LogP contribution in [-0.4, -0.2) is 68.9 Å². The van der Waals surface area contributed by atoms with E-state index < -0.39 is 0 Å². The van der Waals surface area contributed by atoms with Gasteiger partial charge in [-0.25, -0.2) is 0 Å². The van der Waals surface area contributed by atoms with Crippen molar-refractivity contribution in [3.8, 4) is 0 Å². The molecule has 1 aliphatic heterocycles. The van der Waals surface area contributed by atoms with Gasteiger partial charge in [-0.15, -0.1) is 0 Å². The summed E-state index contributed by atoms with van der Waals surface area (Å²) in [5, 5.41) is 11.2. The van der Waals surface area contributed by atoms with Crippen LogP contribution < -0.4 is 5.32 Å². The van der Waals surface area contributed by atoms with Crippen LogP contribution in [0.25, 0.3) is 0 Å². The molecule has 0 aromatic carbocycles. The van der Waals surface area contributed by atoms with Crippen LogP contribution in [0.15, 0.2) is 16.9 Å². The smallest absolute Gasteiger partial charge is 0.244 e. The van der Waals surface area contributed by atoms with Crippen LogP contribution in [0.5, 0.6) is 0 Å². The van der Waals surface area contributed by atoms with Gasteiger partial charge in [-0.3, -0.25) is 14.4 Å². The van der Waals surface area contributed by atoms with Gasteiger partial charge in [0.25, 0.3) is 0 Å². The number of aromatic nitrogens is 4. The van der Waals surface area contributed by atoms with Gasteiger partial charge in [0.1, 0.15) is 6.04 Å². The highest BCUT2D eigenvalue weighted by Crippen LogP contribution is 2.22. The van der Waals surface area contributed by atoms with Crippen molar-refractivity contribution in [3.63, 3.8) is 0 Å². The van der Waals surface area contributed by atoms with Gasteiger partial charge in [-0.1, -0.05) is 12.1 Å². The lowest BCUT2D eigenvalue weighted by molar-refractivity contribution is -0.135. The summed E-state index contributed by atoms with van der Waals surface area (Å²) >= 11 is 0. The molecular formula is C17H27N7O2. The zero-order valence-corrected chi connectivity index (χ0v) is 15.8. The van der Waals surface area contributed by atoms with Gasteiger partial charge < -0.3 is 14.7 Å². The van der Waals surface area contributed by atoms with E-state index in [2.05, 4.69) is 32.4 Å². The van der Waals surface area contributed by atoms with Gasteiger partial charge in [0, 0.05) is 51.4 Å². The Balaban J connectivity index is 1.59. The molecule has 2 unspecified atom stereocenters. The summed E-state index contributed by atoms with van der Waals surface area (Å²) in [6.45, 7) is 6.98. The van der Waals surface area contributed by atoms with Gasteiger partial charge in [-0.05, 0) is 14.0 Å². The number of piperazine rings is 1. The van der Waals surface area contributed by atoms with Crippen molar-refractivity contribution < 1.29 is 9.32 Å². The van der Waals surface area contributed by atoms with Crippen LogP contribution in [0.4, 0.5) is 0 Å². The molecule has 9 heteroatoms. The van der Waals surface area contributed by atoms with Gasteiger partial charge in [-0.2, -0.15) is 10.1 Å². The van der Waals surface area contributed by atoms with Crippen molar-refractivity contribution in [2.75, 3.05) is 33.2 Å². The molecule has 3 heterocycles. The van der Waals surface area contributed by atoms with Crippen LogP contribution in [0, 0.1) is 0 Å². The molecule has 0 radical (unpaired) electrons. The number of rotatable bonds is 6. The Morgan fingerprint density at radius 2 is 2.08 bits per heavy atom. The number of hydrogen-bond donors (Lipinski definition) is 1. The van der Waals surface area contributed by atoms with E-state index in [-0.39, 0.29) is 18.0 Å². The Morgan fingerprint density at radius 1 is 1.35 bits per heavy atom. The average molecular weight is 361 g/mol. The SMILES string of the molecule is CCc1noc(C(C)N2CCN(C(=O)C(NC)c3cnn(C)c3)CC2)n1. The number of amides is 1. The highest BCUT2D eigenvalue weighted by atomic mass is 16.5. The zero-order chi connectivity index (χ0) is 18.7. The monoisotopic (exact) mass is 361 g/mol.